The monoisotopic (exact) mass is 413 g/mol. The summed E-state index contributed by atoms with van der Waals surface area (Å²) in [4.78, 5) is 16.3. The van der Waals surface area contributed by atoms with E-state index < -0.39 is 5.54 Å². The second kappa shape index (κ2) is 10.3. The molecule has 1 aliphatic rings. The number of halogens is 2. The van der Waals surface area contributed by atoms with Gasteiger partial charge in [-0.15, -0.1) is 24.8 Å². The third-order valence-electron chi connectivity index (χ3n) is 4.05. The lowest BCUT2D eigenvalue weighted by atomic mass is 10.2. The zero-order valence-corrected chi connectivity index (χ0v) is 16.8. The van der Waals surface area contributed by atoms with Gasteiger partial charge in [-0.3, -0.25) is 4.79 Å². The molecule has 0 bridgehead atoms. The number of ether oxygens (including phenoxy) is 2. The first-order valence-electron chi connectivity index (χ1n) is 8.53. The Hall–Kier alpha value is -2.02. The van der Waals surface area contributed by atoms with Crippen molar-refractivity contribution >= 4 is 30.7 Å². The summed E-state index contributed by atoms with van der Waals surface area (Å²) in [7, 11) is 0. The molecule has 27 heavy (non-hydrogen) atoms. The SMILES string of the molecule is CCCOc1ccccc1Oc1ncccc1CNC(=O)C1(N)CC1.Cl.Cl. The fraction of sp³-hybridized carbons (Fsp3) is 0.368. The van der Waals surface area contributed by atoms with Crippen LogP contribution in [0.1, 0.15) is 31.7 Å². The number of para-hydroxylation sites is 2. The van der Waals surface area contributed by atoms with Crippen LogP contribution < -0.4 is 20.5 Å². The highest BCUT2D eigenvalue weighted by atomic mass is 35.5. The number of nitrogens with two attached hydrogens (primary N) is 1. The minimum absolute atomic E-state index is 0. The van der Waals surface area contributed by atoms with Crippen LogP contribution in [-0.4, -0.2) is 23.0 Å². The second-order valence-electron chi connectivity index (χ2n) is 6.20. The maximum Gasteiger partial charge on any atom is 0.240 e. The number of carbonyl (C=O) groups excluding carboxylic acids is 1. The summed E-state index contributed by atoms with van der Waals surface area (Å²) in [5, 5.41) is 2.86. The average Bonchev–Trinajstić information content (AvgIpc) is 3.39. The summed E-state index contributed by atoms with van der Waals surface area (Å²) < 4.78 is 11.7. The number of nitrogens with zero attached hydrogens (tertiary/aromatic N) is 1. The molecule has 0 unspecified atom stereocenters. The van der Waals surface area contributed by atoms with Gasteiger partial charge >= 0.3 is 0 Å². The van der Waals surface area contributed by atoms with Crippen molar-refractivity contribution in [3.05, 3.63) is 48.2 Å². The molecule has 8 heteroatoms. The summed E-state index contributed by atoms with van der Waals surface area (Å²) in [6.45, 7) is 2.98. The number of carbonyl (C=O) groups is 1. The average molecular weight is 414 g/mol. The first kappa shape index (κ1) is 23.0. The largest absolute Gasteiger partial charge is 0.490 e. The molecule has 2 aromatic rings. The summed E-state index contributed by atoms with van der Waals surface area (Å²) in [5.74, 6) is 1.58. The Bertz CT molecular complexity index is 754. The fourth-order valence-electron chi connectivity index (χ4n) is 2.33. The molecule has 0 atom stereocenters. The first-order valence-corrected chi connectivity index (χ1v) is 8.53. The van der Waals surface area contributed by atoms with E-state index in [2.05, 4.69) is 10.3 Å². The lowest BCUT2D eigenvalue weighted by molar-refractivity contribution is -0.123. The van der Waals surface area contributed by atoms with E-state index >= 15 is 0 Å². The molecule has 1 aromatic carbocycles. The molecule has 0 saturated heterocycles. The van der Waals surface area contributed by atoms with Crippen LogP contribution in [0.15, 0.2) is 42.6 Å². The summed E-state index contributed by atoms with van der Waals surface area (Å²) in [5.41, 5.74) is 6.00. The van der Waals surface area contributed by atoms with E-state index in [1.54, 1.807) is 6.20 Å². The smallest absolute Gasteiger partial charge is 0.240 e. The molecule has 148 valence electrons. The molecule has 1 amide bonds. The van der Waals surface area contributed by atoms with Crippen molar-refractivity contribution in [2.75, 3.05) is 6.61 Å². The van der Waals surface area contributed by atoms with Crippen LogP contribution in [0.4, 0.5) is 0 Å². The predicted molar refractivity (Wildman–Crippen MR) is 109 cm³/mol. The van der Waals surface area contributed by atoms with Gasteiger partial charge in [0.25, 0.3) is 0 Å². The van der Waals surface area contributed by atoms with E-state index in [4.69, 9.17) is 15.2 Å². The van der Waals surface area contributed by atoms with Crippen molar-refractivity contribution < 1.29 is 14.3 Å². The number of amides is 1. The Morgan fingerprint density at radius 2 is 1.89 bits per heavy atom. The normalized spacial score (nSPS) is 13.6. The van der Waals surface area contributed by atoms with Crippen molar-refractivity contribution in [2.24, 2.45) is 5.73 Å². The van der Waals surface area contributed by atoms with Crippen LogP contribution in [0.3, 0.4) is 0 Å². The molecule has 1 aromatic heterocycles. The maximum absolute atomic E-state index is 12.0. The standard InChI is InChI=1S/C19H23N3O3.2ClH/c1-2-12-24-15-7-3-4-8-16(15)25-17-14(6-5-11-21-17)13-22-18(23)19(20)9-10-19;;/h3-8,11H,2,9-10,12-13,20H2,1H3,(H,22,23);2*1H. The van der Waals surface area contributed by atoms with E-state index in [9.17, 15) is 4.79 Å². The van der Waals surface area contributed by atoms with E-state index in [0.29, 0.717) is 30.5 Å². The number of hydrogen-bond donors (Lipinski definition) is 2. The van der Waals surface area contributed by atoms with Crippen LogP contribution in [-0.2, 0) is 11.3 Å². The molecule has 1 fully saturated rings. The molecule has 6 nitrogen and oxygen atoms in total. The third kappa shape index (κ3) is 5.99. The van der Waals surface area contributed by atoms with Gasteiger partial charge < -0.3 is 20.5 Å². The number of nitrogens with one attached hydrogen (secondary N) is 1. The van der Waals surface area contributed by atoms with Crippen molar-refractivity contribution in [3.8, 4) is 17.4 Å². The Morgan fingerprint density at radius 3 is 2.56 bits per heavy atom. The van der Waals surface area contributed by atoms with E-state index in [1.807, 2.05) is 43.3 Å². The van der Waals surface area contributed by atoms with Gasteiger partial charge in [0.2, 0.25) is 11.8 Å². The number of pyridine rings is 1. The zero-order valence-electron chi connectivity index (χ0n) is 15.1. The molecule has 0 spiro atoms. The van der Waals surface area contributed by atoms with Crippen molar-refractivity contribution in [3.63, 3.8) is 0 Å². The molecule has 1 aliphatic carbocycles. The van der Waals surface area contributed by atoms with Gasteiger partial charge in [-0.1, -0.05) is 25.1 Å². The molecule has 3 N–H and O–H groups in total. The molecule has 0 radical (unpaired) electrons. The predicted octanol–water partition coefficient (Wildman–Crippen LogP) is 3.61. The van der Waals surface area contributed by atoms with Gasteiger partial charge in [0, 0.05) is 18.3 Å². The highest BCUT2D eigenvalue weighted by molar-refractivity contribution is 5.88. The zero-order chi connectivity index (χ0) is 17.7. The molecular formula is C19H25Cl2N3O3. The number of aromatic nitrogens is 1. The minimum atomic E-state index is -0.691. The number of rotatable bonds is 8. The Morgan fingerprint density at radius 1 is 1.19 bits per heavy atom. The summed E-state index contributed by atoms with van der Waals surface area (Å²) in [6, 6.07) is 11.1. The summed E-state index contributed by atoms with van der Waals surface area (Å²) >= 11 is 0. The lowest BCUT2D eigenvalue weighted by Gasteiger charge is -2.15. The second-order valence-corrected chi connectivity index (χ2v) is 6.20. The summed E-state index contributed by atoms with van der Waals surface area (Å²) in [6.07, 6.45) is 4.03. The van der Waals surface area contributed by atoms with E-state index in [1.165, 1.54) is 0 Å². The van der Waals surface area contributed by atoms with Crippen LogP contribution in [0, 0.1) is 0 Å². The highest BCUT2D eigenvalue weighted by Crippen LogP contribution is 2.33. The number of benzene rings is 1. The topological polar surface area (TPSA) is 86.5 Å². The first-order chi connectivity index (χ1) is 12.1. The van der Waals surface area contributed by atoms with Crippen molar-refractivity contribution in [1.29, 1.82) is 0 Å². The van der Waals surface area contributed by atoms with Gasteiger partial charge in [0.1, 0.15) is 0 Å². The van der Waals surface area contributed by atoms with Crippen molar-refractivity contribution in [1.82, 2.24) is 10.3 Å². The maximum atomic E-state index is 12.0. The highest BCUT2D eigenvalue weighted by Gasteiger charge is 2.45. The van der Waals surface area contributed by atoms with Gasteiger partial charge in [-0.2, -0.15) is 0 Å². The van der Waals surface area contributed by atoms with E-state index in [-0.39, 0.29) is 30.7 Å². The Kier molecular flexibility index (Phi) is 8.82. The molecule has 3 rings (SSSR count). The number of hydrogen-bond acceptors (Lipinski definition) is 5. The minimum Gasteiger partial charge on any atom is -0.490 e. The van der Waals surface area contributed by atoms with Crippen LogP contribution in [0.5, 0.6) is 17.4 Å². The van der Waals surface area contributed by atoms with Crippen LogP contribution >= 0.6 is 24.8 Å². The molecule has 1 saturated carbocycles. The third-order valence-corrected chi connectivity index (χ3v) is 4.05. The lowest BCUT2D eigenvalue weighted by Crippen LogP contribution is -2.42. The molecular weight excluding hydrogens is 389 g/mol. The Balaban J connectivity index is 0.00000182. The van der Waals surface area contributed by atoms with Crippen molar-refractivity contribution in [2.45, 2.75) is 38.3 Å². The van der Waals surface area contributed by atoms with Crippen LogP contribution in [0.2, 0.25) is 0 Å². The quantitative estimate of drug-likeness (QED) is 0.689. The van der Waals surface area contributed by atoms with Gasteiger partial charge in [-0.25, -0.2) is 4.98 Å². The van der Waals surface area contributed by atoms with Gasteiger partial charge in [0.15, 0.2) is 11.5 Å². The van der Waals surface area contributed by atoms with E-state index in [0.717, 1.165) is 24.8 Å². The van der Waals surface area contributed by atoms with Gasteiger partial charge in [-0.05, 0) is 37.5 Å². The van der Waals surface area contributed by atoms with Crippen LogP contribution in [0.25, 0.3) is 0 Å². The molecule has 0 aliphatic heterocycles. The Labute approximate surface area is 171 Å². The molecule has 1 heterocycles. The fourth-order valence-corrected chi connectivity index (χ4v) is 2.33. The van der Waals surface area contributed by atoms with Gasteiger partial charge in [0.05, 0.1) is 12.1 Å².